The average Bonchev–Trinajstić information content (AvgIpc) is 2.60. The van der Waals surface area contributed by atoms with Gasteiger partial charge in [0.15, 0.2) is 0 Å². The number of rotatable bonds is 4. The van der Waals surface area contributed by atoms with Gasteiger partial charge in [0.2, 0.25) is 5.88 Å². The first-order valence-electron chi connectivity index (χ1n) is 7.69. The summed E-state index contributed by atoms with van der Waals surface area (Å²) in [6.45, 7) is 1.31. The number of carbonyl (C=O) groups is 1. The van der Waals surface area contributed by atoms with Crippen LogP contribution in [0.15, 0.2) is 30.5 Å². The lowest BCUT2D eigenvalue weighted by Gasteiger charge is -2.23. The van der Waals surface area contributed by atoms with Gasteiger partial charge in [0.25, 0.3) is 5.91 Å². The lowest BCUT2D eigenvalue weighted by molar-refractivity contribution is 0.0238. The van der Waals surface area contributed by atoms with Gasteiger partial charge in [0.1, 0.15) is 11.1 Å². The average molecular weight is 402 g/mol. The summed E-state index contributed by atoms with van der Waals surface area (Å²) in [6.07, 6.45) is 3.01. The molecule has 8 heteroatoms. The zero-order valence-electron chi connectivity index (χ0n) is 13.1. The number of hydrogen-bond donors (Lipinski definition) is 1. The summed E-state index contributed by atoms with van der Waals surface area (Å²) in [4.78, 5) is 16.5. The van der Waals surface area contributed by atoms with Gasteiger partial charge < -0.3 is 14.8 Å². The molecule has 1 amide bonds. The Bertz CT molecular complexity index is 780. The Kier molecular flexibility index (Phi) is 6.02. The van der Waals surface area contributed by atoms with Crippen LogP contribution in [0.25, 0.3) is 0 Å². The van der Waals surface area contributed by atoms with Crippen LogP contribution in [0, 0.1) is 0 Å². The van der Waals surface area contributed by atoms with E-state index < -0.39 is 0 Å². The molecule has 0 bridgehead atoms. The van der Waals surface area contributed by atoms with Crippen LogP contribution in [-0.4, -0.2) is 30.2 Å². The van der Waals surface area contributed by atoms with E-state index in [9.17, 15) is 4.79 Å². The molecule has 0 aliphatic carbocycles. The maximum atomic E-state index is 12.3. The highest BCUT2D eigenvalue weighted by molar-refractivity contribution is 6.37. The molecule has 25 heavy (non-hydrogen) atoms. The molecule has 0 atom stereocenters. The van der Waals surface area contributed by atoms with Crippen LogP contribution in [0.5, 0.6) is 5.88 Å². The highest BCUT2D eigenvalue weighted by atomic mass is 35.5. The first-order chi connectivity index (χ1) is 12.0. The topological polar surface area (TPSA) is 60.5 Å². The Balaban J connectivity index is 1.69. The second-order valence-corrected chi connectivity index (χ2v) is 6.77. The summed E-state index contributed by atoms with van der Waals surface area (Å²) >= 11 is 18.1. The van der Waals surface area contributed by atoms with Crippen molar-refractivity contribution in [3.05, 3.63) is 51.1 Å². The monoisotopic (exact) mass is 400 g/mol. The maximum Gasteiger partial charge on any atom is 0.257 e. The molecule has 0 spiro atoms. The van der Waals surface area contributed by atoms with Crippen LogP contribution >= 0.6 is 34.8 Å². The van der Waals surface area contributed by atoms with Gasteiger partial charge in [0, 0.05) is 24.1 Å². The van der Waals surface area contributed by atoms with Crippen molar-refractivity contribution in [2.24, 2.45) is 0 Å². The third kappa shape index (κ3) is 4.76. The number of ether oxygens (including phenoxy) is 2. The van der Waals surface area contributed by atoms with Crippen molar-refractivity contribution in [3.8, 4) is 5.88 Å². The van der Waals surface area contributed by atoms with E-state index in [0.717, 1.165) is 12.8 Å². The van der Waals surface area contributed by atoms with Crippen LogP contribution in [0.4, 0.5) is 5.69 Å². The zero-order valence-corrected chi connectivity index (χ0v) is 15.4. The number of nitrogens with zero attached hydrogens (tertiary/aromatic N) is 1. The molecule has 1 aliphatic rings. The van der Waals surface area contributed by atoms with Crippen LogP contribution in [0.1, 0.15) is 23.2 Å². The van der Waals surface area contributed by atoms with E-state index in [1.165, 1.54) is 12.3 Å². The normalized spacial score (nSPS) is 15.0. The number of hydrogen-bond acceptors (Lipinski definition) is 4. The molecule has 0 radical (unpaired) electrons. The summed E-state index contributed by atoms with van der Waals surface area (Å²) in [5.74, 6) is -0.0640. The number of benzene rings is 1. The van der Waals surface area contributed by atoms with Gasteiger partial charge in [-0.15, -0.1) is 0 Å². The number of pyridine rings is 1. The van der Waals surface area contributed by atoms with Gasteiger partial charge in [-0.2, -0.15) is 0 Å². The van der Waals surface area contributed by atoms with E-state index in [0.29, 0.717) is 40.4 Å². The van der Waals surface area contributed by atoms with Crippen molar-refractivity contribution in [2.75, 3.05) is 18.5 Å². The molecule has 0 unspecified atom stereocenters. The van der Waals surface area contributed by atoms with Crippen molar-refractivity contribution in [3.63, 3.8) is 0 Å². The number of carbonyl (C=O) groups excluding carboxylic acids is 1. The Morgan fingerprint density at radius 1 is 1.16 bits per heavy atom. The first kappa shape index (κ1) is 18.3. The molecule has 1 aromatic carbocycles. The second kappa shape index (κ2) is 8.23. The molecule has 5 nitrogen and oxygen atoms in total. The molecule has 1 N–H and O–H groups in total. The summed E-state index contributed by atoms with van der Waals surface area (Å²) in [5, 5.41) is 3.81. The lowest BCUT2D eigenvalue weighted by Crippen LogP contribution is -2.26. The van der Waals surface area contributed by atoms with Gasteiger partial charge in [-0.25, -0.2) is 4.98 Å². The quantitative estimate of drug-likeness (QED) is 0.795. The third-order valence-corrected chi connectivity index (χ3v) is 4.51. The standard InChI is InChI=1S/C17H15Cl3N2O3/c18-11-1-2-15(13(19)8-11)22-16(23)10-7-14(20)17(21-9-10)25-12-3-5-24-6-4-12/h1-2,7-9,12H,3-6H2,(H,22,23). The minimum Gasteiger partial charge on any atom is -0.473 e. The van der Waals surface area contributed by atoms with Crippen molar-refractivity contribution < 1.29 is 14.3 Å². The van der Waals surface area contributed by atoms with Crippen molar-refractivity contribution in [2.45, 2.75) is 18.9 Å². The van der Waals surface area contributed by atoms with Crippen molar-refractivity contribution >= 4 is 46.4 Å². The molecule has 1 saturated heterocycles. The van der Waals surface area contributed by atoms with Gasteiger partial charge in [-0.05, 0) is 24.3 Å². The third-order valence-electron chi connectivity index (χ3n) is 3.70. The number of halogens is 3. The summed E-state index contributed by atoms with van der Waals surface area (Å²) in [5.41, 5.74) is 0.755. The number of nitrogens with one attached hydrogen (secondary N) is 1. The summed E-state index contributed by atoms with van der Waals surface area (Å²) < 4.78 is 11.1. The fraction of sp³-hybridized carbons (Fsp3) is 0.294. The van der Waals surface area contributed by atoms with E-state index >= 15 is 0 Å². The van der Waals surface area contributed by atoms with E-state index in [1.54, 1.807) is 18.2 Å². The Morgan fingerprint density at radius 3 is 2.60 bits per heavy atom. The van der Waals surface area contributed by atoms with Crippen LogP contribution < -0.4 is 10.1 Å². The van der Waals surface area contributed by atoms with Crippen molar-refractivity contribution in [1.29, 1.82) is 0 Å². The molecule has 3 rings (SSSR count). The summed E-state index contributed by atoms with van der Waals surface area (Å²) in [7, 11) is 0. The highest BCUT2D eigenvalue weighted by Crippen LogP contribution is 2.28. The summed E-state index contributed by atoms with van der Waals surface area (Å²) in [6, 6.07) is 6.33. The molecule has 2 heterocycles. The largest absolute Gasteiger partial charge is 0.473 e. The predicted molar refractivity (Wildman–Crippen MR) is 98.1 cm³/mol. The number of anilines is 1. The van der Waals surface area contributed by atoms with Gasteiger partial charge >= 0.3 is 0 Å². The van der Waals surface area contributed by atoms with E-state index in [4.69, 9.17) is 44.3 Å². The van der Waals surface area contributed by atoms with Gasteiger partial charge in [-0.3, -0.25) is 4.79 Å². The van der Waals surface area contributed by atoms with Gasteiger partial charge in [-0.1, -0.05) is 34.8 Å². The lowest BCUT2D eigenvalue weighted by atomic mass is 10.1. The fourth-order valence-electron chi connectivity index (χ4n) is 2.37. The number of aromatic nitrogens is 1. The second-order valence-electron chi connectivity index (χ2n) is 5.52. The maximum absolute atomic E-state index is 12.3. The Labute approximate surface area is 160 Å². The molecule has 1 fully saturated rings. The smallest absolute Gasteiger partial charge is 0.257 e. The Morgan fingerprint density at radius 2 is 1.92 bits per heavy atom. The van der Waals surface area contributed by atoms with Crippen molar-refractivity contribution in [1.82, 2.24) is 4.98 Å². The molecule has 2 aromatic rings. The molecule has 132 valence electrons. The van der Waals surface area contributed by atoms with E-state index in [-0.39, 0.29) is 17.0 Å². The van der Waals surface area contributed by atoms with Crippen LogP contribution in [0.3, 0.4) is 0 Å². The number of amides is 1. The molecular weight excluding hydrogens is 387 g/mol. The minimum atomic E-state index is -0.378. The zero-order chi connectivity index (χ0) is 17.8. The highest BCUT2D eigenvalue weighted by Gasteiger charge is 2.18. The molecule has 1 aliphatic heterocycles. The first-order valence-corrected chi connectivity index (χ1v) is 8.82. The van der Waals surface area contributed by atoms with Crippen LogP contribution in [-0.2, 0) is 4.74 Å². The molecule has 0 saturated carbocycles. The van der Waals surface area contributed by atoms with E-state index in [2.05, 4.69) is 10.3 Å². The molecule has 1 aromatic heterocycles. The van der Waals surface area contributed by atoms with E-state index in [1.807, 2.05) is 0 Å². The predicted octanol–water partition coefficient (Wildman–Crippen LogP) is 4.85. The minimum absolute atomic E-state index is 0.0197. The van der Waals surface area contributed by atoms with Crippen LogP contribution in [0.2, 0.25) is 15.1 Å². The molecular formula is C17H15Cl3N2O3. The fourth-order valence-corrected chi connectivity index (χ4v) is 3.04. The van der Waals surface area contributed by atoms with Gasteiger partial charge in [0.05, 0.1) is 29.5 Å². The Hall–Kier alpha value is -1.53. The SMILES string of the molecule is O=C(Nc1ccc(Cl)cc1Cl)c1cnc(OC2CCOCC2)c(Cl)c1.